The van der Waals surface area contributed by atoms with Crippen molar-refractivity contribution in [3.05, 3.63) is 24.3 Å². The molecule has 1 fully saturated rings. The summed E-state index contributed by atoms with van der Waals surface area (Å²) in [6, 6.07) is 4.94. The first-order valence-corrected chi connectivity index (χ1v) is 6.54. The van der Waals surface area contributed by atoms with Crippen molar-refractivity contribution >= 4 is 15.9 Å². The van der Waals surface area contributed by atoms with Crippen LogP contribution in [0.25, 0.3) is 0 Å². The van der Waals surface area contributed by atoms with E-state index in [0.29, 0.717) is 0 Å². The van der Waals surface area contributed by atoms with Crippen LogP contribution in [0.1, 0.15) is 6.42 Å². The summed E-state index contributed by atoms with van der Waals surface area (Å²) in [6.45, 7) is 0.289. The zero-order chi connectivity index (χ0) is 12.5. The van der Waals surface area contributed by atoms with E-state index in [-0.39, 0.29) is 29.5 Å². The van der Waals surface area contributed by atoms with Gasteiger partial charge >= 0.3 is 0 Å². The van der Waals surface area contributed by atoms with Gasteiger partial charge in [0.2, 0.25) is 15.9 Å². The van der Waals surface area contributed by atoms with Crippen LogP contribution in [0.5, 0.6) is 5.75 Å². The van der Waals surface area contributed by atoms with E-state index in [1.54, 1.807) is 0 Å². The zero-order valence-electron chi connectivity index (χ0n) is 8.88. The topological polar surface area (TPSA) is 95.5 Å². The van der Waals surface area contributed by atoms with Crippen molar-refractivity contribution in [3.63, 3.8) is 0 Å². The quantitative estimate of drug-likeness (QED) is 0.683. The van der Waals surface area contributed by atoms with Crippen molar-refractivity contribution in [1.29, 1.82) is 0 Å². The van der Waals surface area contributed by atoms with E-state index in [0.717, 1.165) is 6.07 Å². The molecule has 1 aromatic rings. The normalized spacial score (nSPS) is 20.2. The Labute approximate surface area is 98.7 Å². The van der Waals surface area contributed by atoms with Crippen LogP contribution < -0.4 is 10.0 Å². The van der Waals surface area contributed by atoms with Gasteiger partial charge in [-0.25, -0.2) is 13.1 Å². The van der Waals surface area contributed by atoms with E-state index >= 15 is 0 Å². The van der Waals surface area contributed by atoms with Crippen LogP contribution in [0.3, 0.4) is 0 Å². The van der Waals surface area contributed by atoms with Crippen molar-refractivity contribution in [3.8, 4) is 5.75 Å². The lowest BCUT2D eigenvalue weighted by atomic mass is 10.3. The molecule has 1 saturated heterocycles. The van der Waals surface area contributed by atoms with Gasteiger partial charge in [0, 0.05) is 19.0 Å². The van der Waals surface area contributed by atoms with Crippen molar-refractivity contribution in [1.82, 2.24) is 10.0 Å². The van der Waals surface area contributed by atoms with E-state index < -0.39 is 16.1 Å². The molecular formula is C10H12N2O4S. The molecule has 0 bridgehead atoms. The molecule has 6 nitrogen and oxygen atoms in total. The molecular weight excluding hydrogens is 244 g/mol. The fourth-order valence-electron chi connectivity index (χ4n) is 1.63. The Morgan fingerprint density at radius 1 is 1.41 bits per heavy atom. The van der Waals surface area contributed by atoms with Gasteiger partial charge in [0.25, 0.3) is 0 Å². The van der Waals surface area contributed by atoms with Crippen molar-refractivity contribution < 1.29 is 18.3 Å². The van der Waals surface area contributed by atoms with Crippen LogP contribution in [-0.4, -0.2) is 32.0 Å². The largest absolute Gasteiger partial charge is 0.508 e. The Kier molecular flexibility index (Phi) is 3.03. The number of aromatic hydroxyl groups is 1. The minimum absolute atomic E-state index is 0.0168. The molecule has 0 spiro atoms. The second kappa shape index (κ2) is 4.34. The molecule has 1 heterocycles. The molecule has 1 unspecified atom stereocenters. The van der Waals surface area contributed by atoms with Gasteiger partial charge in [-0.3, -0.25) is 4.79 Å². The molecule has 0 aliphatic carbocycles. The molecule has 0 radical (unpaired) electrons. The number of benzene rings is 1. The number of carbonyl (C=O) groups excluding carboxylic acids is 1. The molecule has 1 amide bonds. The smallest absolute Gasteiger partial charge is 0.241 e. The summed E-state index contributed by atoms with van der Waals surface area (Å²) in [5.41, 5.74) is 0. The van der Waals surface area contributed by atoms with Gasteiger partial charge in [0.1, 0.15) is 5.75 Å². The molecule has 2 rings (SSSR count). The van der Waals surface area contributed by atoms with E-state index in [2.05, 4.69) is 10.0 Å². The Bertz CT molecular complexity index is 541. The average molecular weight is 256 g/mol. The molecule has 0 saturated carbocycles. The third kappa shape index (κ3) is 2.75. The van der Waals surface area contributed by atoms with Crippen molar-refractivity contribution in [2.24, 2.45) is 0 Å². The first-order chi connectivity index (χ1) is 7.97. The fraction of sp³-hybridized carbons (Fsp3) is 0.300. The third-order valence-electron chi connectivity index (χ3n) is 2.43. The number of hydrogen-bond donors (Lipinski definition) is 3. The first-order valence-electron chi connectivity index (χ1n) is 5.05. The summed E-state index contributed by atoms with van der Waals surface area (Å²) in [5.74, 6) is -0.290. The van der Waals surface area contributed by atoms with Crippen molar-refractivity contribution in [2.75, 3.05) is 6.54 Å². The standard InChI is InChI=1S/C10H12N2O4S/c13-8-2-1-3-9(5-8)17(15,16)12-7-4-10(14)11-6-7/h1-3,5,7,12-13H,4,6H2,(H,11,14). The second-order valence-corrected chi connectivity index (χ2v) is 5.54. The number of hydrogen-bond acceptors (Lipinski definition) is 4. The molecule has 1 aliphatic rings. The van der Waals surface area contributed by atoms with Crippen LogP contribution >= 0.6 is 0 Å². The summed E-state index contributed by atoms with van der Waals surface area (Å²) in [6.07, 6.45) is 0.137. The fourth-order valence-corrected chi connectivity index (χ4v) is 2.90. The first kappa shape index (κ1) is 11.9. The lowest BCUT2D eigenvalue weighted by molar-refractivity contribution is -0.119. The SMILES string of the molecule is O=C1CC(NS(=O)(=O)c2cccc(O)c2)CN1. The molecule has 3 N–H and O–H groups in total. The van der Waals surface area contributed by atoms with Gasteiger partial charge < -0.3 is 10.4 Å². The number of amides is 1. The van der Waals surface area contributed by atoms with E-state index in [1.165, 1.54) is 18.2 Å². The maximum atomic E-state index is 11.9. The van der Waals surface area contributed by atoms with Crippen LogP contribution in [0.2, 0.25) is 0 Å². The van der Waals surface area contributed by atoms with Gasteiger partial charge in [-0.05, 0) is 18.2 Å². The molecule has 1 aromatic carbocycles. The second-order valence-electron chi connectivity index (χ2n) is 3.82. The third-order valence-corrected chi connectivity index (χ3v) is 3.95. The summed E-state index contributed by atoms with van der Waals surface area (Å²) in [7, 11) is -3.69. The summed E-state index contributed by atoms with van der Waals surface area (Å²) >= 11 is 0. The summed E-state index contributed by atoms with van der Waals surface area (Å²) < 4.78 is 26.2. The van der Waals surface area contributed by atoms with Crippen LogP contribution in [0.4, 0.5) is 0 Å². The number of phenols is 1. The monoisotopic (exact) mass is 256 g/mol. The Morgan fingerprint density at radius 2 is 2.18 bits per heavy atom. The average Bonchev–Trinajstić information content (AvgIpc) is 2.63. The van der Waals surface area contributed by atoms with Crippen LogP contribution in [-0.2, 0) is 14.8 Å². The maximum absolute atomic E-state index is 11.9. The minimum atomic E-state index is -3.69. The highest BCUT2D eigenvalue weighted by atomic mass is 32.2. The number of nitrogens with one attached hydrogen (secondary N) is 2. The Morgan fingerprint density at radius 3 is 2.76 bits per heavy atom. The molecule has 17 heavy (non-hydrogen) atoms. The highest BCUT2D eigenvalue weighted by molar-refractivity contribution is 7.89. The molecule has 92 valence electrons. The summed E-state index contributed by atoms with van der Waals surface area (Å²) in [5, 5.41) is 11.8. The predicted octanol–water partition coefficient (Wildman–Crippen LogP) is -0.441. The maximum Gasteiger partial charge on any atom is 0.241 e. The van der Waals surface area contributed by atoms with Gasteiger partial charge in [0.05, 0.1) is 4.90 Å². The Balaban J connectivity index is 2.17. The summed E-state index contributed by atoms with van der Waals surface area (Å²) in [4.78, 5) is 10.9. The van der Waals surface area contributed by atoms with Crippen LogP contribution in [0.15, 0.2) is 29.2 Å². The van der Waals surface area contributed by atoms with Crippen LogP contribution in [0, 0.1) is 0 Å². The van der Waals surface area contributed by atoms with Gasteiger partial charge in [0.15, 0.2) is 0 Å². The van der Waals surface area contributed by atoms with E-state index in [4.69, 9.17) is 0 Å². The highest BCUT2D eigenvalue weighted by Crippen LogP contribution is 2.16. The number of carbonyl (C=O) groups is 1. The minimum Gasteiger partial charge on any atom is -0.508 e. The lowest BCUT2D eigenvalue weighted by Gasteiger charge is -2.11. The zero-order valence-corrected chi connectivity index (χ0v) is 9.70. The van der Waals surface area contributed by atoms with E-state index in [1.807, 2.05) is 0 Å². The number of rotatable bonds is 3. The van der Waals surface area contributed by atoms with Gasteiger partial charge in [-0.15, -0.1) is 0 Å². The van der Waals surface area contributed by atoms with Crippen molar-refractivity contribution in [2.45, 2.75) is 17.4 Å². The molecule has 1 atom stereocenters. The highest BCUT2D eigenvalue weighted by Gasteiger charge is 2.26. The lowest BCUT2D eigenvalue weighted by Crippen LogP contribution is -2.36. The van der Waals surface area contributed by atoms with Gasteiger partial charge in [-0.2, -0.15) is 0 Å². The molecule has 0 aromatic heterocycles. The predicted molar refractivity (Wildman–Crippen MR) is 59.8 cm³/mol. The Hall–Kier alpha value is -1.60. The van der Waals surface area contributed by atoms with E-state index in [9.17, 15) is 18.3 Å². The van der Waals surface area contributed by atoms with Gasteiger partial charge in [-0.1, -0.05) is 6.07 Å². The molecule has 7 heteroatoms. The number of phenolic OH excluding ortho intramolecular Hbond substituents is 1. The molecule has 1 aliphatic heterocycles. The number of sulfonamides is 1.